The van der Waals surface area contributed by atoms with Crippen LogP contribution in [0.4, 0.5) is 0 Å². The summed E-state index contributed by atoms with van der Waals surface area (Å²) in [6, 6.07) is 1.73. The van der Waals surface area contributed by atoms with Crippen molar-refractivity contribution in [2.75, 3.05) is 6.61 Å². The lowest BCUT2D eigenvalue weighted by atomic mass is 9.49. The van der Waals surface area contributed by atoms with Gasteiger partial charge in [-0.15, -0.1) is 0 Å². The lowest BCUT2D eigenvalue weighted by Gasteiger charge is -2.59. The second kappa shape index (κ2) is 10.5. The molecule has 13 atom stereocenters. The molecule has 3 heterocycles. The number of hydrogen-bond donors (Lipinski definition) is 5. The van der Waals surface area contributed by atoms with Crippen molar-refractivity contribution in [2.45, 2.75) is 94.7 Å². The summed E-state index contributed by atoms with van der Waals surface area (Å²) >= 11 is 0. The third-order valence-corrected chi connectivity index (χ3v) is 9.03. The highest BCUT2D eigenvalue weighted by molar-refractivity contribution is 5.75. The zero-order chi connectivity index (χ0) is 27.4. The van der Waals surface area contributed by atoms with E-state index >= 15 is 0 Å². The maximum Gasteiger partial charge on any atom is 0.310 e. The number of fused-ring (bicyclic) bond motifs is 3. The number of rotatable bonds is 5. The highest BCUT2D eigenvalue weighted by Gasteiger charge is 2.63. The minimum atomic E-state index is -1.61. The standard InChI is InChI=1S/C26H36O12/c1-11(28)35-23-15(29)7-16(37-25-22(32)21(31)20(30)18(9-27)38-25)13-3-4-14-24(33)36-17(12-5-6-34-10-12)8-26(14,2)19(13)23/h5-6,10,13-23,25,27,29-32H,3-4,7-9H2,1-2H3/t13-,14+,15+,16-,17+,18+,19+,20-,21+,22-,23+,25-,26-/m1/s1. The van der Waals surface area contributed by atoms with Gasteiger partial charge in [-0.3, -0.25) is 9.59 Å². The Morgan fingerprint density at radius 2 is 1.92 bits per heavy atom. The Kier molecular flexibility index (Phi) is 7.59. The fourth-order valence-electron chi connectivity index (χ4n) is 7.24. The molecule has 0 radical (unpaired) electrons. The van der Waals surface area contributed by atoms with Gasteiger partial charge in [-0.05, 0) is 36.7 Å². The average molecular weight is 541 g/mol. The van der Waals surface area contributed by atoms with Gasteiger partial charge in [-0.1, -0.05) is 6.92 Å². The van der Waals surface area contributed by atoms with E-state index < -0.39 is 84.9 Å². The van der Waals surface area contributed by atoms with E-state index in [9.17, 15) is 35.1 Å². The zero-order valence-electron chi connectivity index (χ0n) is 21.3. The van der Waals surface area contributed by atoms with Crippen molar-refractivity contribution in [1.29, 1.82) is 0 Å². The molecular weight excluding hydrogens is 504 g/mol. The molecule has 4 aliphatic rings. The predicted octanol–water partition coefficient (Wildman–Crippen LogP) is -0.202. The summed E-state index contributed by atoms with van der Waals surface area (Å²) in [4.78, 5) is 25.3. The van der Waals surface area contributed by atoms with Crippen LogP contribution in [0.25, 0.3) is 0 Å². The molecule has 0 bridgehead atoms. The first kappa shape index (κ1) is 27.5. The molecule has 5 N–H and O–H groups in total. The van der Waals surface area contributed by atoms with E-state index in [1.54, 1.807) is 6.07 Å². The number of ether oxygens (including phenoxy) is 4. The van der Waals surface area contributed by atoms with Crippen LogP contribution >= 0.6 is 0 Å². The highest BCUT2D eigenvalue weighted by Crippen LogP contribution is 2.60. The van der Waals surface area contributed by atoms with Crippen molar-refractivity contribution in [3.8, 4) is 0 Å². The molecular formula is C26H36O12. The first-order valence-corrected chi connectivity index (χ1v) is 13.1. The number of aliphatic hydroxyl groups excluding tert-OH is 5. The second-order valence-electron chi connectivity index (χ2n) is 11.3. The smallest absolute Gasteiger partial charge is 0.310 e. The van der Waals surface area contributed by atoms with Gasteiger partial charge in [0.2, 0.25) is 0 Å². The van der Waals surface area contributed by atoms with E-state index in [1.165, 1.54) is 19.5 Å². The first-order valence-electron chi connectivity index (χ1n) is 13.1. The quantitative estimate of drug-likeness (QED) is 0.310. The van der Waals surface area contributed by atoms with Crippen molar-refractivity contribution in [3.63, 3.8) is 0 Å². The lowest BCUT2D eigenvalue weighted by Crippen LogP contribution is -2.65. The summed E-state index contributed by atoms with van der Waals surface area (Å²) in [5, 5.41) is 51.7. The molecule has 2 aliphatic carbocycles. The SMILES string of the molecule is CC(=O)O[C@@H]1[C@@H]2[C@H](CC[C@H]3C(=O)O[C@H](c4ccoc4)C[C@@]23C)[C@H](O[C@@H]2O[C@@H](CO)[C@@H](O)[C@H](O)[C@H]2O)C[C@@H]1O. The third-order valence-electron chi connectivity index (χ3n) is 9.03. The largest absolute Gasteiger partial charge is 0.472 e. The maximum atomic E-state index is 13.2. The number of carbonyl (C=O) groups is 2. The number of cyclic esters (lactones) is 1. The molecule has 2 saturated heterocycles. The van der Waals surface area contributed by atoms with E-state index in [0.29, 0.717) is 24.8 Å². The van der Waals surface area contributed by atoms with Gasteiger partial charge in [-0.25, -0.2) is 0 Å². The van der Waals surface area contributed by atoms with E-state index in [4.69, 9.17) is 23.4 Å². The van der Waals surface area contributed by atoms with Crippen LogP contribution in [0.2, 0.25) is 0 Å². The van der Waals surface area contributed by atoms with E-state index in [0.717, 1.165) is 0 Å². The Morgan fingerprint density at radius 3 is 2.58 bits per heavy atom. The highest BCUT2D eigenvalue weighted by atomic mass is 16.7. The minimum absolute atomic E-state index is 0.0461. The summed E-state index contributed by atoms with van der Waals surface area (Å²) < 4.78 is 28.4. The fourth-order valence-corrected chi connectivity index (χ4v) is 7.24. The van der Waals surface area contributed by atoms with Crippen LogP contribution in [-0.2, 0) is 28.5 Å². The van der Waals surface area contributed by atoms with Gasteiger partial charge in [0.05, 0.1) is 37.3 Å². The predicted molar refractivity (Wildman–Crippen MR) is 125 cm³/mol. The Labute approximate surface area is 219 Å². The summed E-state index contributed by atoms with van der Waals surface area (Å²) in [6.45, 7) is 2.61. The van der Waals surface area contributed by atoms with E-state index in [1.807, 2.05) is 6.92 Å². The average Bonchev–Trinajstić information content (AvgIpc) is 3.41. The molecule has 0 aromatic carbocycles. The Balaban J connectivity index is 1.47. The molecule has 12 nitrogen and oxygen atoms in total. The van der Waals surface area contributed by atoms with Gasteiger partial charge in [0.25, 0.3) is 0 Å². The number of aliphatic hydroxyl groups is 5. The van der Waals surface area contributed by atoms with Gasteiger partial charge in [0.1, 0.15) is 36.6 Å². The summed E-state index contributed by atoms with van der Waals surface area (Å²) in [5.41, 5.74) is -0.0479. The minimum Gasteiger partial charge on any atom is -0.472 e. The maximum absolute atomic E-state index is 13.2. The summed E-state index contributed by atoms with van der Waals surface area (Å²) in [5.74, 6) is -2.24. The third kappa shape index (κ3) is 4.66. The number of carbonyl (C=O) groups excluding carboxylic acids is 2. The molecule has 4 fully saturated rings. The zero-order valence-corrected chi connectivity index (χ0v) is 21.3. The van der Waals surface area contributed by atoms with Crippen LogP contribution in [-0.4, -0.2) is 93.1 Å². The van der Waals surface area contributed by atoms with E-state index in [-0.39, 0.29) is 18.3 Å². The Morgan fingerprint density at radius 1 is 1.16 bits per heavy atom. The second-order valence-corrected chi connectivity index (χ2v) is 11.3. The molecule has 1 aromatic rings. The van der Waals surface area contributed by atoms with Gasteiger partial charge >= 0.3 is 11.9 Å². The topological polar surface area (TPSA) is 185 Å². The molecule has 1 aromatic heterocycles. The van der Waals surface area contributed by atoms with Crippen LogP contribution in [0.3, 0.4) is 0 Å². The number of esters is 2. The molecule has 12 heteroatoms. The molecule has 212 valence electrons. The van der Waals surface area contributed by atoms with Crippen molar-refractivity contribution in [1.82, 2.24) is 0 Å². The molecule has 5 rings (SSSR count). The van der Waals surface area contributed by atoms with Crippen molar-refractivity contribution >= 4 is 11.9 Å². The summed E-state index contributed by atoms with van der Waals surface area (Å²) in [7, 11) is 0. The van der Waals surface area contributed by atoms with Crippen LogP contribution in [0.1, 0.15) is 51.2 Å². The Hall–Kier alpha value is -2.06. The van der Waals surface area contributed by atoms with Crippen LogP contribution < -0.4 is 0 Å². The fraction of sp³-hybridized carbons (Fsp3) is 0.769. The van der Waals surface area contributed by atoms with Crippen molar-refractivity contribution < 1.29 is 58.5 Å². The summed E-state index contributed by atoms with van der Waals surface area (Å²) in [6.07, 6.45) is -6.16. The van der Waals surface area contributed by atoms with Gasteiger partial charge in [0.15, 0.2) is 6.29 Å². The Bertz CT molecular complexity index is 996. The van der Waals surface area contributed by atoms with Gasteiger partial charge in [0, 0.05) is 24.8 Å². The van der Waals surface area contributed by atoms with Crippen molar-refractivity contribution in [2.24, 2.45) is 23.2 Å². The van der Waals surface area contributed by atoms with Crippen LogP contribution in [0.5, 0.6) is 0 Å². The van der Waals surface area contributed by atoms with E-state index in [2.05, 4.69) is 0 Å². The lowest BCUT2D eigenvalue weighted by molar-refractivity contribution is -0.328. The van der Waals surface area contributed by atoms with Gasteiger partial charge < -0.3 is 48.9 Å². The van der Waals surface area contributed by atoms with Crippen molar-refractivity contribution in [3.05, 3.63) is 24.2 Å². The first-order chi connectivity index (χ1) is 18.0. The molecule has 0 spiro atoms. The molecule has 2 saturated carbocycles. The normalized spacial score (nSPS) is 47.0. The monoisotopic (exact) mass is 540 g/mol. The van der Waals surface area contributed by atoms with Crippen LogP contribution in [0.15, 0.2) is 23.0 Å². The van der Waals surface area contributed by atoms with Gasteiger partial charge in [-0.2, -0.15) is 0 Å². The number of hydrogen-bond acceptors (Lipinski definition) is 12. The molecule has 0 unspecified atom stereocenters. The van der Waals surface area contributed by atoms with Crippen LogP contribution in [0, 0.1) is 23.2 Å². The molecule has 2 aliphatic heterocycles. The number of furan rings is 1. The molecule has 0 amide bonds. The molecule has 38 heavy (non-hydrogen) atoms.